The Morgan fingerprint density at radius 1 is 1.38 bits per heavy atom. The molecule has 0 heterocycles. The Labute approximate surface area is 107 Å². The first kappa shape index (κ1) is 13.5. The van der Waals surface area contributed by atoms with Crippen molar-refractivity contribution in [2.75, 3.05) is 13.2 Å². The fourth-order valence-corrected chi connectivity index (χ4v) is 1.75. The minimum absolute atomic E-state index is 0.552. The van der Waals surface area contributed by atoms with Crippen molar-refractivity contribution in [1.82, 2.24) is 5.32 Å². The Morgan fingerprint density at radius 2 is 2.12 bits per heavy atom. The zero-order valence-corrected chi connectivity index (χ0v) is 11.8. The Kier molecular flexibility index (Phi) is 5.85. The summed E-state index contributed by atoms with van der Waals surface area (Å²) in [5, 5.41) is 3.32. The number of nitrogens with one attached hydrogen (secondary N) is 1. The van der Waals surface area contributed by atoms with E-state index in [9.17, 15) is 0 Å². The first-order valence-corrected chi connectivity index (χ1v) is 6.54. The summed E-state index contributed by atoms with van der Waals surface area (Å²) in [4.78, 5) is 0. The lowest BCUT2D eigenvalue weighted by molar-refractivity contribution is 0.268. The van der Waals surface area contributed by atoms with Crippen LogP contribution >= 0.6 is 15.9 Å². The predicted molar refractivity (Wildman–Crippen MR) is 71.9 cm³/mol. The average Bonchev–Trinajstić information content (AvgIpc) is 2.24. The van der Waals surface area contributed by atoms with Gasteiger partial charge in [0.2, 0.25) is 0 Å². The molecule has 0 aliphatic rings. The van der Waals surface area contributed by atoms with Crippen LogP contribution in [0.1, 0.15) is 26.3 Å². The lowest BCUT2D eigenvalue weighted by Crippen LogP contribution is -2.14. The van der Waals surface area contributed by atoms with E-state index < -0.39 is 0 Å². The van der Waals surface area contributed by atoms with Gasteiger partial charge in [0.05, 0.1) is 6.61 Å². The van der Waals surface area contributed by atoms with Crippen molar-refractivity contribution in [2.45, 2.75) is 27.3 Å². The van der Waals surface area contributed by atoms with E-state index in [1.807, 2.05) is 12.1 Å². The van der Waals surface area contributed by atoms with Crippen LogP contribution in [0.2, 0.25) is 0 Å². The van der Waals surface area contributed by atoms with E-state index in [-0.39, 0.29) is 0 Å². The SMILES string of the molecule is CCNCc1cc(Br)ccc1OCC(C)C. The molecule has 0 aliphatic carbocycles. The molecule has 0 saturated heterocycles. The van der Waals surface area contributed by atoms with Gasteiger partial charge in [0.15, 0.2) is 0 Å². The second-order valence-corrected chi connectivity index (χ2v) is 5.15. The molecule has 0 radical (unpaired) electrons. The van der Waals surface area contributed by atoms with Crippen molar-refractivity contribution in [3.63, 3.8) is 0 Å². The molecule has 0 saturated carbocycles. The van der Waals surface area contributed by atoms with Crippen molar-refractivity contribution < 1.29 is 4.74 Å². The van der Waals surface area contributed by atoms with Crippen LogP contribution in [0.5, 0.6) is 5.75 Å². The van der Waals surface area contributed by atoms with Gasteiger partial charge in [0, 0.05) is 16.6 Å². The molecule has 0 amide bonds. The van der Waals surface area contributed by atoms with E-state index in [4.69, 9.17) is 4.74 Å². The van der Waals surface area contributed by atoms with Crippen LogP contribution in [0.25, 0.3) is 0 Å². The van der Waals surface area contributed by atoms with Gasteiger partial charge in [-0.2, -0.15) is 0 Å². The Bertz CT molecular complexity index is 326. The highest BCUT2D eigenvalue weighted by atomic mass is 79.9. The van der Waals surface area contributed by atoms with E-state index in [1.54, 1.807) is 0 Å². The summed E-state index contributed by atoms with van der Waals surface area (Å²) in [5.74, 6) is 1.54. The molecule has 2 nitrogen and oxygen atoms in total. The highest BCUT2D eigenvalue weighted by molar-refractivity contribution is 9.10. The number of halogens is 1. The molecule has 0 aliphatic heterocycles. The van der Waals surface area contributed by atoms with Gasteiger partial charge in [-0.1, -0.05) is 36.7 Å². The fourth-order valence-electron chi connectivity index (χ4n) is 1.34. The monoisotopic (exact) mass is 285 g/mol. The summed E-state index contributed by atoms with van der Waals surface area (Å²) >= 11 is 3.48. The maximum Gasteiger partial charge on any atom is 0.123 e. The van der Waals surface area contributed by atoms with Crippen molar-refractivity contribution in [2.24, 2.45) is 5.92 Å². The van der Waals surface area contributed by atoms with Crippen LogP contribution in [0.3, 0.4) is 0 Å². The third-order valence-electron chi connectivity index (χ3n) is 2.16. The fraction of sp³-hybridized carbons (Fsp3) is 0.538. The number of ether oxygens (including phenoxy) is 1. The normalized spacial score (nSPS) is 10.8. The van der Waals surface area contributed by atoms with E-state index >= 15 is 0 Å². The minimum Gasteiger partial charge on any atom is -0.493 e. The molecular formula is C13H20BrNO. The molecule has 0 unspecified atom stereocenters. The van der Waals surface area contributed by atoms with Gasteiger partial charge in [-0.15, -0.1) is 0 Å². The van der Waals surface area contributed by atoms with Crippen molar-refractivity contribution >= 4 is 15.9 Å². The maximum absolute atomic E-state index is 5.79. The van der Waals surface area contributed by atoms with Gasteiger partial charge < -0.3 is 10.1 Å². The Morgan fingerprint density at radius 3 is 2.75 bits per heavy atom. The van der Waals surface area contributed by atoms with Crippen molar-refractivity contribution in [1.29, 1.82) is 0 Å². The molecule has 1 rings (SSSR count). The van der Waals surface area contributed by atoms with Gasteiger partial charge in [-0.3, -0.25) is 0 Å². The van der Waals surface area contributed by atoms with Gasteiger partial charge >= 0.3 is 0 Å². The molecule has 16 heavy (non-hydrogen) atoms. The van der Waals surface area contributed by atoms with E-state index in [0.717, 1.165) is 29.9 Å². The summed E-state index contributed by atoms with van der Waals surface area (Å²) in [6.45, 7) is 9.00. The number of hydrogen-bond donors (Lipinski definition) is 1. The summed E-state index contributed by atoms with van der Waals surface area (Å²) in [5.41, 5.74) is 1.21. The van der Waals surface area contributed by atoms with Crippen molar-refractivity contribution in [3.05, 3.63) is 28.2 Å². The van der Waals surface area contributed by atoms with Crippen LogP contribution < -0.4 is 10.1 Å². The van der Waals surface area contributed by atoms with Gasteiger partial charge in [0.25, 0.3) is 0 Å². The molecule has 0 atom stereocenters. The summed E-state index contributed by atoms with van der Waals surface area (Å²) < 4.78 is 6.88. The second-order valence-electron chi connectivity index (χ2n) is 4.24. The summed E-state index contributed by atoms with van der Waals surface area (Å²) in [6, 6.07) is 6.16. The van der Waals surface area contributed by atoms with Crippen molar-refractivity contribution in [3.8, 4) is 5.75 Å². The molecule has 3 heteroatoms. The van der Waals surface area contributed by atoms with Gasteiger partial charge in [0.1, 0.15) is 5.75 Å². The average molecular weight is 286 g/mol. The number of benzene rings is 1. The lowest BCUT2D eigenvalue weighted by Gasteiger charge is -2.13. The number of rotatable bonds is 6. The van der Waals surface area contributed by atoms with Gasteiger partial charge in [-0.25, -0.2) is 0 Å². The second kappa shape index (κ2) is 6.92. The largest absolute Gasteiger partial charge is 0.493 e. The molecular weight excluding hydrogens is 266 g/mol. The molecule has 1 aromatic carbocycles. The molecule has 1 aromatic rings. The highest BCUT2D eigenvalue weighted by Crippen LogP contribution is 2.23. The third-order valence-corrected chi connectivity index (χ3v) is 2.65. The van der Waals surface area contributed by atoms with Gasteiger partial charge in [-0.05, 0) is 30.7 Å². The van der Waals surface area contributed by atoms with Crippen LogP contribution in [0.15, 0.2) is 22.7 Å². The topological polar surface area (TPSA) is 21.3 Å². The Hall–Kier alpha value is -0.540. The zero-order chi connectivity index (χ0) is 12.0. The van der Waals surface area contributed by atoms with Crippen LogP contribution in [-0.4, -0.2) is 13.2 Å². The predicted octanol–water partition coefficient (Wildman–Crippen LogP) is 3.59. The molecule has 0 spiro atoms. The summed E-state index contributed by atoms with van der Waals surface area (Å²) in [6.07, 6.45) is 0. The molecule has 1 N–H and O–H groups in total. The minimum atomic E-state index is 0.552. The van der Waals surface area contributed by atoms with E-state index in [0.29, 0.717) is 5.92 Å². The summed E-state index contributed by atoms with van der Waals surface area (Å²) in [7, 11) is 0. The third kappa shape index (κ3) is 4.54. The smallest absolute Gasteiger partial charge is 0.123 e. The van der Waals surface area contributed by atoms with Crippen LogP contribution in [0.4, 0.5) is 0 Å². The van der Waals surface area contributed by atoms with Crippen LogP contribution in [0, 0.1) is 5.92 Å². The van der Waals surface area contributed by atoms with E-state index in [1.165, 1.54) is 5.56 Å². The standard InChI is InChI=1S/C13H20BrNO/c1-4-15-8-11-7-12(14)5-6-13(11)16-9-10(2)3/h5-7,10,15H,4,8-9H2,1-3H3. The molecule has 90 valence electrons. The Balaban J connectivity index is 2.72. The quantitative estimate of drug-likeness (QED) is 0.862. The number of hydrogen-bond acceptors (Lipinski definition) is 2. The first-order chi connectivity index (χ1) is 7.63. The molecule has 0 aromatic heterocycles. The molecule has 0 bridgehead atoms. The lowest BCUT2D eigenvalue weighted by atomic mass is 10.2. The highest BCUT2D eigenvalue weighted by Gasteiger charge is 2.05. The van der Waals surface area contributed by atoms with E-state index in [2.05, 4.69) is 48.1 Å². The van der Waals surface area contributed by atoms with Crippen LogP contribution in [-0.2, 0) is 6.54 Å². The molecule has 0 fully saturated rings. The first-order valence-electron chi connectivity index (χ1n) is 5.75. The zero-order valence-electron chi connectivity index (χ0n) is 10.2. The maximum atomic E-state index is 5.79.